The summed E-state index contributed by atoms with van der Waals surface area (Å²) in [6.45, 7) is 2.95. The molecule has 1 aromatic carbocycles. The van der Waals surface area contributed by atoms with Crippen molar-refractivity contribution in [2.45, 2.75) is 32.2 Å². The Bertz CT molecular complexity index is 384. The van der Waals surface area contributed by atoms with Gasteiger partial charge in [0.15, 0.2) is 0 Å². The molecule has 1 saturated carbocycles. The molecule has 0 aromatic heterocycles. The van der Waals surface area contributed by atoms with Crippen LogP contribution in [-0.2, 0) is 11.2 Å². The van der Waals surface area contributed by atoms with E-state index < -0.39 is 6.04 Å². The Kier molecular flexibility index (Phi) is 3.48. The molecule has 1 fully saturated rings. The first-order valence-corrected chi connectivity index (χ1v) is 6.16. The lowest BCUT2D eigenvalue weighted by atomic mass is 10.1. The predicted octanol–water partition coefficient (Wildman–Crippen LogP) is 1.47. The number of benzene rings is 1. The van der Waals surface area contributed by atoms with Crippen molar-refractivity contribution >= 4 is 5.91 Å². The van der Waals surface area contributed by atoms with Gasteiger partial charge < -0.3 is 11.1 Å². The van der Waals surface area contributed by atoms with Crippen molar-refractivity contribution in [2.75, 3.05) is 6.54 Å². The first kappa shape index (κ1) is 12.1. The van der Waals surface area contributed by atoms with E-state index in [9.17, 15) is 4.79 Å². The number of carbonyl (C=O) groups excluding carboxylic acids is 1. The highest BCUT2D eigenvalue weighted by Gasteiger charge is 2.37. The van der Waals surface area contributed by atoms with E-state index in [4.69, 9.17) is 5.73 Å². The summed E-state index contributed by atoms with van der Waals surface area (Å²) in [4.78, 5) is 11.8. The molecule has 0 spiro atoms. The van der Waals surface area contributed by atoms with E-state index in [1.54, 1.807) is 0 Å². The Balaban J connectivity index is 1.79. The van der Waals surface area contributed by atoms with Crippen molar-refractivity contribution in [3.8, 4) is 0 Å². The Morgan fingerprint density at radius 2 is 2.06 bits per heavy atom. The molecule has 1 amide bonds. The summed E-state index contributed by atoms with van der Waals surface area (Å²) in [5.41, 5.74) is 7.33. The van der Waals surface area contributed by atoms with Crippen LogP contribution in [0.25, 0.3) is 0 Å². The fourth-order valence-corrected chi connectivity index (χ4v) is 1.78. The molecule has 1 unspecified atom stereocenters. The summed E-state index contributed by atoms with van der Waals surface area (Å²) in [6.07, 6.45) is 3.02. The van der Waals surface area contributed by atoms with Crippen LogP contribution < -0.4 is 11.1 Å². The molecule has 0 bridgehead atoms. The quantitative estimate of drug-likeness (QED) is 0.807. The first-order valence-electron chi connectivity index (χ1n) is 6.16. The third kappa shape index (κ3) is 3.56. The second-order valence-electron chi connectivity index (χ2n) is 5.32. The normalized spacial score (nSPS) is 18.5. The van der Waals surface area contributed by atoms with Crippen LogP contribution in [0.1, 0.15) is 25.3 Å². The maximum Gasteiger partial charge on any atom is 0.237 e. The highest BCUT2D eigenvalue weighted by atomic mass is 16.2. The van der Waals surface area contributed by atoms with Crippen LogP contribution in [-0.4, -0.2) is 18.5 Å². The minimum atomic E-state index is -0.445. The molecule has 1 atom stereocenters. The number of nitrogens with one attached hydrogen (secondary N) is 1. The molecular weight excluding hydrogens is 212 g/mol. The summed E-state index contributed by atoms with van der Waals surface area (Å²) in [7, 11) is 0. The van der Waals surface area contributed by atoms with E-state index in [0.29, 0.717) is 11.8 Å². The van der Waals surface area contributed by atoms with Gasteiger partial charge in [0.2, 0.25) is 5.91 Å². The van der Waals surface area contributed by atoms with E-state index in [0.717, 1.165) is 12.1 Å². The zero-order chi connectivity index (χ0) is 12.3. The van der Waals surface area contributed by atoms with Gasteiger partial charge in [0, 0.05) is 6.54 Å². The molecule has 0 aliphatic heterocycles. The number of nitrogens with two attached hydrogens (primary N) is 1. The number of hydrogen-bond donors (Lipinski definition) is 2. The van der Waals surface area contributed by atoms with Gasteiger partial charge in [0.25, 0.3) is 0 Å². The Labute approximate surface area is 102 Å². The maximum atomic E-state index is 11.8. The number of hydrogen-bond acceptors (Lipinski definition) is 2. The summed E-state index contributed by atoms with van der Waals surface area (Å²) >= 11 is 0. The standard InChI is InChI=1S/C14H20N2O/c1-14(7-8-14)10-16-13(17)12(15)9-11-5-3-2-4-6-11/h2-6,12H,7-10,15H2,1H3,(H,16,17). The third-order valence-electron chi connectivity index (χ3n) is 3.43. The maximum absolute atomic E-state index is 11.8. The van der Waals surface area contributed by atoms with Crippen LogP contribution in [0.15, 0.2) is 30.3 Å². The predicted molar refractivity (Wildman–Crippen MR) is 68.5 cm³/mol. The number of rotatable bonds is 5. The number of carbonyl (C=O) groups is 1. The summed E-state index contributed by atoms with van der Waals surface area (Å²) in [5.74, 6) is -0.0398. The summed E-state index contributed by atoms with van der Waals surface area (Å²) < 4.78 is 0. The zero-order valence-corrected chi connectivity index (χ0v) is 10.3. The van der Waals surface area contributed by atoms with Crippen LogP contribution in [0.4, 0.5) is 0 Å². The Hall–Kier alpha value is -1.35. The molecule has 3 heteroatoms. The summed E-state index contributed by atoms with van der Waals surface area (Å²) in [5, 5.41) is 2.94. The third-order valence-corrected chi connectivity index (χ3v) is 3.43. The van der Waals surface area contributed by atoms with Gasteiger partial charge >= 0.3 is 0 Å². The van der Waals surface area contributed by atoms with Gasteiger partial charge in [-0.3, -0.25) is 4.79 Å². The monoisotopic (exact) mass is 232 g/mol. The van der Waals surface area contributed by atoms with Gasteiger partial charge in [0.05, 0.1) is 6.04 Å². The van der Waals surface area contributed by atoms with Crippen molar-refractivity contribution in [3.63, 3.8) is 0 Å². The van der Waals surface area contributed by atoms with Gasteiger partial charge in [-0.1, -0.05) is 37.3 Å². The molecule has 2 rings (SSSR count). The number of amides is 1. The highest BCUT2D eigenvalue weighted by Crippen LogP contribution is 2.43. The van der Waals surface area contributed by atoms with E-state index >= 15 is 0 Å². The van der Waals surface area contributed by atoms with Gasteiger partial charge in [-0.15, -0.1) is 0 Å². The van der Waals surface area contributed by atoms with Crippen molar-refractivity contribution in [2.24, 2.45) is 11.1 Å². The Morgan fingerprint density at radius 1 is 1.41 bits per heavy atom. The van der Waals surface area contributed by atoms with Crippen LogP contribution in [0.3, 0.4) is 0 Å². The molecule has 1 aliphatic rings. The molecule has 1 aliphatic carbocycles. The minimum absolute atomic E-state index is 0.0398. The molecule has 92 valence electrons. The average molecular weight is 232 g/mol. The topological polar surface area (TPSA) is 55.1 Å². The van der Waals surface area contributed by atoms with Crippen LogP contribution in [0.5, 0.6) is 0 Å². The molecule has 0 saturated heterocycles. The Morgan fingerprint density at radius 3 is 2.65 bits per heavy atom. The van der Waals surface area contributed by atoms with Crippen LogP contribution >= 0.6 is 0 Å². The lowest BCUT2D eigenvalue weighted by molar-refractivity contribution is -0.122. The second kappa shape index (κ2) is 4.88. The fourth-order valence-electron chi connectivity index (χ4n) is 1.78. The molecular formula is C14H20N2O. The van der Waals surface area contributed by atoms with Crippen molar-refractivity contribution in [1.82, 2.24) is 5.32 Å². The van der Waals surface area contributed by atoms with E-state index in [1.807, 2.05) is 30.3 Å². The second-order valence-corrected chi connectivity index (χ2v) is 5.32. The lowest BCUT2D eigenvalue weighted by Gasteiger charge is -2.14. The van der Waals surface area contributed by atoms with Crippen molar-refractivity contribution in [3.05, 3.63) is 35.9 Å². The van der Waals surface area contributed by atoms with Gasteiger partial charge in [0.1, 0.15) is 0 Å². The average Bonchev–Trinajstić information content (AvgIpc) is 3.06. The highest BCUT2D eigenvalue weighted by molar-refractivity contribution is 5.81. The largest absolute Gasteiger partial charge is 0.354 e. The molecule has 3 N–H and O–H groups in total. The van der Waals surface area contributed by atoms with Crippen molar-refractivity contribution < 1.29 is 4.79 Å². The smallest absolute Gasteiger partial charge is 0.237 e. The summed E-state index contributed by atoms with van der Waals surface area (Å²) in [6, 6.07) is 9.43. The SMILES string of the molecule is CC1(CNC(=O)C(N)Cc2ccccc2)CC1. The first-order chi connectivity index (χ1) is 8.09. The molecule has 17 heavy (non-hydrogen) atoms. The van der Waals surface area contributed by atoms with Crippen LogP contribution in [0, 0.1) is 5.41 Å². The van der Waals surface area contributed by atoms with E-state index in [2.05, 4.69) is 12.2 Å². The van der Waals surface area contributed by atoms with E-state index in [1.165, 1.54) is 12.8 Å². The molecule has 3 nitrogen and oxygen atoms in total. The lowest BCUT2D eigenvalue weighted by Crippen LogP contribution is -2.43. The van der Waals surface area contributed by atoms with Crippen molar-refractivity contribution in [1.29, 1.82) is 0 Å². The zero-order valence-electron chi connectivity index (χ0n) is 10.3. The van der Waals surface area contributed by atoms with Crippen LogP contribution in [0.2, 0.25) is 0 Å². The van der Waals surface area contributed by atoms with Gasteiger partial charge in [-0.05, 0) is 30.2 Å². The minimum Gasteiger partial charge on any atom is -0.354 e. The van der Waals surface area contributed by atoms with Gasteiger partial charge in [-0.25, -0.2) is 0 Å². The molecule has 0 radical (unpaired) electrons. The van der Waals surface area contributed by atoms with Gasteiger partial charge in [-0.2, -0.15) is 0 Å². The fraction of sp³-hybridized carbons (Fsp3) is 0.500. The van der Waals surface area contributed by atoms with E-state index in [-0.39, 0.29) is 5.91 Å². The molecule has 1 aromatic rings. The molecule has 0 heterocycles.